The Morgan fingerprint density at radius 2 is 1.71 bits per heavy atom. The number of hydrogen-bond acceptors (Lipinski definition) is 6. The number of halogens is 3. The highest BCUT2D eigenvalue weighted by Gasteiger charge is 2.34. The average Bonchev–Trinajstić information content (AvgIpc) is 3.27. The quantitative estimate of drug-likeness (QED) is 0.184. The summed E-state index contributed by atoms with van der Waals surface area (Å²) in [6.45, 7) is 6.86. The number of nitrogens with two attached hydrogens (primary N) is 1. The summed E-state index contributed by atoms with van der Waals surface area (Å²) >= 11 is 1.42. The van der Waals surface area contributed by atoms with Crippen molar-refractivity contribution in [2.45, 2.75) is 39.1 Å². The summed E-state index contributed by atoms with van der Waals surface area (Å²) in [5.41, 5.74) is 9.91. The second-order valence-electron chi connectivity index (χ2n) is 10.5. The standard InChI is InChI=1S/C30H31F3N6O2S/c1-29(2,3)24-7-5-6-8-25(24)39-26(40)18-42-28(39)37-38(4)17-20-9-11-21(12-10-20)27(34)36-19-35-22-13-15-23(16-14-22)41-30(31,32)33/h5-16,19H,17-18H2,1-4H3,(H2,34,35,36)/b37-28-. The lowest BCUT2D eigenvalue weighted by Crippen LogP contribution is -2.33. The molecule has 1 aliphatic rings. The van der Waals surface area contributed by atoms with E-state index in [1.807, 2.05) is 55.6 Å². The predicted molar refractivity (Wildman–Crippen MR) is 162 cm³/mol. The van der Waals surface area contributed by atoms with Gasteiger partial charge in [0.25, 0.3) is 0 Å². The molecule has 0 atom stereocenters. The number of carbonyl (C=O) groups is 1. The third-order valence-corrected chi connectivity index (χ3v) is 7.02. The van der Waals surface area contributed by atoms with Gasteiger partial charge in [0.2, 0.25) is 5.91 Å². The summed E-state index contributed by atoms with van der Waals surface area (Å²) in [7, 11) is 1.85. The molecule has 1 fully saturated rings. The van der Waals surface area contributed by atoms with Crippen molar-refractivity contribution in [2.24, 2.45) is 20.8 Å². The lowest BCUT2D eigenvalue weighted by molar-refractivity contribution is -0.274. The number of hydrogen-bond donors (Lipinski definition) is 1. The van der Waals surface area contributed by atoms with Gasteiger partial charge in [-0.05, 0) is 46.9 Å². The molecule has 0 bridgehead atoms. The van der Waals surface area contributed by atoms with Crippen LogP contribution in [0.3, 0.4) is 0 Å². The Balaban J connectivity index is 1.40. The number of rotatable bonds is 8. The highest BCUT2D eigenvalue weighted by molar-refractivity contribution is 8.15. The van der Waals surface area contributed by atoms with Crippen molar-refractivity contribution in [3.05, 3.63) is 89.5 Å². The van der Waals surface area contributed by atoms with Crippen molar-refractivity contribution in [2.75, 3.05) is 17.7 Å². The Hall–Kier alpha value is -4.32. The van der Waals surface area contributed by atoms with Gasteiger partial charge in [-0.25, -0.2) is 9.98 Å². The molecule has 1 aliphatic heterocycles. The fourth-order valence-electron chi connectivity index (χ4n) is 4.17. The molecule has 0 radical (unpaired) electrons. The number of alkyl halides is 3. The van der Waals surface area contributed by atoms with Gasteiger partial charge in [-0.15, -0.1) is 13.2 Å². The maximum absolute atomic E-state index is 12.9. The topological polar surface area (TPSA) is 95.9 Å². The molecule has 2 N–H and O–H groups in total. The van der Waals surface area contributed by atoms with Crippen molar-refractivity contribution < 1.29 is 22.7 Å². The van der Waals surface area contributed by atoms with E-state index >= 15 is 0 Å². The zero-order valence-corrected chi connectivity index (χ0v) is 24.4. The van der Waals surface area contributed by atoms with Crippen LogP contribution >= 0.6 is 11.8 Å². The zero-order chi connectivity index (χ0) is 30.5. The molecule has 3 aromatic rings. The van der Waals surface area contributed by atoms with E-state index in [4.69, 9.17) is 10.8 Å². The molecule has 8 nitrogen and oxygen atoms in total. The number of nitrogens with zero attached hydrogens (tertiary/aromatic N) is 5. The van der Waals surface area contributed by atoms with E-state index in [0.29, 0.717) is 28.7 Å². The van der Waals surface area contributed by atoms with E-state index in [-0.39, 0.29) is 22.9 Å². The van der Waals surface area contributed by atoms with Crippen LogP contribution in [0.15, 0.2) is 87.9 Å². The molecule has 12 heteroatoms. The monoisotopic (exact) mass is 596 g/mol. The Morgan fingerprint density at radius 1 is 1.05 bits per heavy atom. The van der Waals surface area contributed by atoms with E-state index < -0.39 is 6.36 Å². The van der Waals surface area contributed by atoms with Crippen LogP contribution in [0.4, 0.5) is 24.5 Å². The summed E-state index contributed by atoms with van der Waals surface area (Å²) < 4.78 is 40.7. The highest BCUT2D eigenvalue weighted by Crippen LogP contribution is 2.36. The summed E-state index contributed by atoms with van der Waals surface area (Å²) in [6, 6.07) is 20.5. The number of thioether (sulfide) groups is 1. The normalized spacial score (nSPS) is 15.6. The van der Waals surface area contributed by atoms with E-state index in [2.05, 4.69) is 35.5 Å². The molecule has 1 heterocycles. The van der Waals surface area contributed by atoms with Gasteiger partial charge in [0.15, 0.2) is 5.17 Å². The van der Waals surface area contributed by atoms with Crippen LogP contribution in [0.5, 0.6) is 5.75 Å². The average molecular weight is 597 g/mol. The van der Waals surface area contributed by atoms with Crippen LogP contribution < -0.4 is 15.4 Å². The maximum Gasteiger partial charge on any atom is 0.573 e. The number of anilines is 1. The Morgan fingerprint density at radius 3 is 2.36 bits per heavy atom. The summed E-state index contributed by atoms with van der Waals surface area (Å²) in [5, 5.41) is 7.16. The number of benzene rings is 3. The van der Waals surface area contributed by atoms with Gasteiger partial charge < -0.3 is 10.5 Å². The van der Waals surface area contributed by atoms with Gasteiger partial charge in [-0.3, -0.25) is 14.7 Å². The first kappa shape index (κ1) is 30.6. The molecule has 0 aliphatic carbocycles. The second kappa shape index (κ2) is 12.7. The third-order valence-electron chi connectivity index (χ3n) is 6.11. The largest absolute Gasteiger partial charge is 0.573 e. The van der Waals surface area contributed by atoms with E-state index in [1.54, 1.807) is 9.91 Å². The molecule has 0 unspecified atom stereocenters. The summed E-state index contributed by atoms with van der Waals surface area (Å²) in [6.07, 6.45) is -3.52. The smallest absolute Gasteiger partial charge is 0.406 e. The molecule has 0 saturated carbocycles. The van der Waals surface area contributed by atoms with Gasteiger partial charge in [-0.2, -0.15) is 5.10 Å². The van der Waals surface area contributed by atoms with Crippen molar-refractivity contribution in [1.29, 1.82) is 0 Å². The molecular weight excluding hydrogens is 565 g/mol. The van der Waals surface area contributed by atoms with Crippen LogP contribution in [0, 0.1) is 0 Å². The number of ether oxygens (including phenoxy) is 1. The third kappa shape index (κ3) is 8.12. The molecule has 3 aromatic carbocycles. The first-order valence-electron chi connectivity index (χ1n) is 13.0. The van der Waals surface area contributed by atoms with Gasteiger partial charge in [0.1, 0.15) is 17.9 Å². The minimum atomic E-state index is -4.75. The zero-order valence-electron chi connectivity index (χ0n) is 23.6. The molecule has 4 rings (SSSR count). The molecular formula is C30H31F3N6O2S. The number of amides is 1. The minimum Gasteiger partial charge on any atom is -0.406 e. The van der Waals surface area contributed by atoms with Crippen molar-refractivity contribution >= 4 is 46.4 Å². The minimum absolute atomic E-state index is 0.000935. The van der Waals surface area contributed by atoms with E-state index in [0.717, 1.165) is 16.8 Å². The van der Waals surface area contributed by atoms with Crippen molar-refractivity contribution in [1.82, 2.24) is 5.01 Å². The van der Waals surface area contributed by atoms with E-state index in [9.17, 15) is 18.0 Å². The second-order valence-corrected chi connectivity index (χ2v) is 11.4. The lowest BCUT2D eigenvalue weighted by Gasteiger charge is -2.27. The number of aliphatic imine (C=N–C) groups is 2. The van der Waals surface area contributed by atoms with Gasteiger partial charge in [0, 0.05) is 12.6 Å². The number of amidine groups is 2. The van der Waals surface area contributed by atoms with Crippen LogP contribution in [0.2, 0.25) is 0 Å². The molecule has 1 amide bonds. The van der Waals surface area contributed by atoms with Crippen molar-refractivity contribution in [3.8, 4) is 5.75 Å². The molecule has 1 saturated heterocycles. The molecule has 42 heavy (non-hydrogen) atoms. The predicted octanol–water partition coefficient (Wildman–Crippen LogP) is 6.43. The first-order chi connectivity index (χ1) is 19.8. The fourth-order valence-corrected chi connectivity index (χ4v) is 5.08. The SMILES string of the molecule is CN(Cc1ccc(C(N)=NC=Nc2ccc(OC(F)(F)F)cc2)cc1)/N=C1\SCC(=O)N1c1ccccc1C(C)(C)C. The van der Waals surface area contributed by atoms with Crippen LogP contribution in [-0.4, -0.2) is 47.4 Å². The molecule has 0 aromatic heterocycles. The van der Waals surface area contributed by atoms with Crippen molar-refractivity contribution in [3.63, 3.8) is 0 Å². The van der Waals surface area contributed by atoms with Gasteiger partial charge >= 0.3 is 6.36 Å². The number of hydrazone groups is 1. The van der Waals surface area contributed by atoms with Crippen LogP contribution in [-0.2, 0) is 16.8 Å². The summed E-state index contributed by atoms with van der Waals surface area (Å²) in [5.74, 6) is 0.226. The van der Waals surface area contributed by atoms with Gasteiger partial charge in [0.05, 0.1) is 23.7 Å². The lowest BCUT2D eigenvalue weighted by atomic mass is 9.85. The number of carbonyl (C=O) groups excluding carboxylic acids is 1. The Kier molecular flexibility index (Phi) is 9.25. The molecule has 0 spiro atoms. The Labute approximate surface area is 246 Å². The first-order valence-corrected chi connectivity index (χ1v) is 13.9. The highest BCUT2D eigenvalue weighted by atomic mass is 32.2. The Bertz CT molecular complexity index is 1500. The maximum atomic E-state index is 12.9. The van der Waals surface area contributed by atoms with Crippen LogP contribution in [0.1, 0.15) is 37.5 Å². The van der Waals surface area contributed by atoms with E-state index in [1.165, 1.54) is 42.4 Å². The fraction of sp³-hybridized carbons (Fsp3) is 0.267. The summed E-state index contributed by atoms with van der Waals surface area (Å²) in [4.78, 5) is 22.8. The molecule has 220 valence electrons. The van der Waals surface area contributed by atoms with Gasteiger partial charge in [-0.1, -0.05) is 75.0 Å². The van der Waals surface area contributed by atoms with Crippen LogP contribution in [0.25, 0.3) is 0 Å². The number of para-hydroxylation sites is 1.